The molecule has 6 heteroatoms. The SMILES string of the molecule is CCC1CCC(N(Cc2cc(-c3ccc(CC=O)cc3)ccc2F)C(=O)c2sc3ccccc3c2Cl)CC1. The molecule has 1 aromatic heterocycles. The first-order chi connectivity index (χ1) is 18.5. The molecule has 4 aromatic rings. The van der Waals surface area contributed by atoms with E-state index < -0.39 is 0 Å². The zero-order valence-corrected chi connectivity index (χ0v) is 23.0. The van der Waals surface area contributed by atoms with Gasteiger partial charge in [-0.25, -0.2) is 4.39 Å². The Bertz CT molecular complexity index is 1440. The van der Waals surface area contributed by atoms with Gasteiger partial charge in [-0.1, -0.05) is 73.5 Å². The van der Waals surface area contributed by atoms with Gasteiger partial charge in [0.05, 0.1) is 5.02 Å². The minimum absolute atomic E-state index is 0.0391. The van der Waals surface area contributed by atoms with Crippen LogP contribution in [0.4, 0.5) is 4.39 Å². The third-order valence-corrected chi connectivity index (χ3v) is 9.48. The van der Waals surface area contributed by atoms with Gasteiger partial charge in [0.25, 0.3) is 5.91 Å². The first kappa shape index (κ1) is 26.6. The number of thiophene rings is 1. The van der Waals surface area contributed by atoms with Crippen molar-refractivity contribution in [3.05, 3.63) is 93.6 Å². The fraction of sp³-hybridized carbons (Fsp3) is 0.312. The molecule has 1 aliphatic rings. The summed E-state index contributed by atoms with van der Waals surface area (Å²) in [5, 5.41) is 1.36. The molecular weight excluding hydrogens is 517 g/mol. The monoisotopic (exact) mass is 547 g/mol. The average molecular weight is 548 g/mol. The predicted molar refractivity (Wildman–Crippen MR) is 154 cm³/mol. The Kier molecular flexibility index (Phi) is 8.25. The predicted octanol–water partition coefficient (Wildman–Crippen LogP) is 8.71. The van der Waals surface area contributed by atoms with Crippen molar-refractivity contribution in [2.24, 2.45) is 5.92 Å². The summed E-state index contributed by atoms with van der Waals surface area (Å²) in [4.78, 5) is 27.3. The van der Waals surface area contributed by atoms with E-state index in [-0.39, 0.29) is 24.3 Å². The van der Waals surface area contributed by atoms with Crippen LogP contribution in [0.3, 0.4) is 0 Å². The smallest absolute Gasteiger partial charge is 0.266 e. The van der Waals surface area contributed by atoms with Crippen LogP contribution in [0.5, 0.6) is 0 Å². The number of carbonyl (C=O) groups excluding carboxylic acids is 2. The van der Waals surface area contributed by atoms with Gasteiger partial charge in [-0.3, -0.25) is 4.79 Å². The molecule has 1 heterocycles. The van der Waals surface area contributed by atoms with Gasteiger partial charge < -0.3 is 9.69 Å². The summed E-state index contributed by atoms with van der Waals surface area (Å²) >= 11 is 8.13. The van der Waals surface area contributed by atoms with Crippen molar-refractivity contribution < 1.29 is 14.0 Å². The second-order valence-corrected chi connectivity index (χ2v) is 11.6. The molecule has 0 N–H and O–H groups in total. The van der Waals surface area contributed by atoms with Crippen molar-refractivity contribution >= 4 is 45.2 Å². The van der Waals surface area contributed by atoms with Crippen molar-refractivity contribution in [1.82, 2.24) is 4.90 Å². The van der Waals surface area contributed by atoms with Crippen molar-refractivity contribution in [2.75, 3.05) is 0 Å². The number of carbonyl (C=O) groups is 2. The van der Waals surface area contributed by atoms with Crippen LogP contribution in [0.2, 0.25) is 5.02 Å². The van der Waals surface area contributed by atoms with E-state index in [9.17, 15) is 9.59 Å². The second kappa shape index (κ2) is 11.8. The number of halogens is 2. The van der Waals surface area contributed by atoms with Crippen LogP contribution in [-0.2, 0) is 17.8 Å². The lowest BCUT2D eigenvalue weighted by Crippen LogP contribution is -2.42. The molecule has 0 radical (unpaired) electrons. The number of aldehydes is 1. The minimum Gasteiger partial charge on any atom is -0.330 e. The van der Waals surface area contributed by atoms with E-state index >= 15 is 4.39 Å². The first-order valence-corrected chi connectivity index (χ1v) is 14.5. The molecule has 0 atom stereocenters. The molecule has 0 saturated heterocycles. The lowest BCUT2D eigenvalue weighted by Gasteiger charge is -2.37. The molecule has 3 aromatic carbocycles. The summed E-state index contributed by atoms with van der Waals surface area (Å²) in [7, 11) is 0. The van der Waals surface area contributed by atoms with Gasteiger partial charge in [-0.2, -0.15) is 0 Å². The van der Waals surface area contributed by atoms with E-state index in [0.717, 1.165) is 65.2 Å². The third kappa shape index (κ3) is 5.55. The van der Waals surface area contributed by atoms with Gasteiger partial charge in [-0.15, -0.1) is 11.3 Å². The van der Waals surface area contributed by atoms with Gasteiger partial charge in [0.15, 0.2) is 0 Å². The van der Waals surface area contributed by atoms with E-state index in [1.165, 1.54) is 17.4 Å². The van der Waals surface area contributed by atoms with Crippen molar-refractivity contribution in [3.63, 3.8) is 0 Å². The maximum absolute atomic E-state index is 15.2. The Labute approximate surface area is 232 Å². The molecule has 1 aliphatic carbocycles. The Balaban J connectivity index is 1.48. The number of nitrogens with zero attached hydrogens (tertiary/aromatic N) is 1. The maximum Gasteiger partial charge on any atom is 0.266 e. The number of rotatable bonds is 8. The number of fused-ring (bicyclic) bond motifs is 1. The molecule has 0 unspecified atom stereocenters. The van der Waals surface area contributed by atoms with E-state index in [4.69, 9.17) is 11.6 Å². The quantitative estimate of drug-likeness (QED) is 0.207. The summed E-state index contributed by atoms with van der Waals surface area (Å²) < 4.78 is 16.2. The van der Waals surface area contributed by atoms with Crippen LogP contribution < -0.4 is 0 Å². The number of hydrogen-bond acceptors (Lipinski definition) is 3. The molecule has 1 amide bonds. The summed E-state index contributed by atoms with van der Waals surface area (Å²) in [6, 6.07) is 20.6. The van der Waals surface area contributed by atoms with Gasteiger partial charge in [0.1, 0.15) is 17.0 Å². The molecule has 5 rings (SSSR count). The standard InChI is InChI=1S/C32H31ClFNO2S/c1-2-21-9-14-26(15-10-21)35(32(37)31-30(33)27-5-3-4-6-29(27)38-31)20-25-19-24(13-16-28(25)34)23-11-7-22(8-12-23)17-18-36/h3-8,11-13,16,18-19,21,26H,2,9-10,14-15,17,20H2,1H3. The number of benzene rings is 3. The first-order valence-electron chi connectivity index (χ1n) is 13.3. The fourth-order valence-corrected chi connectivity index (χ4v) is 6.97. The van der Waals surface area contributed by atoms with Crippen LogP contribution >= 0.6 is 22.9 Å². The highest BCUT2D eigenvalue weighted by Crippen LogP contribution is 2.38. The summed E-state index contributed by atoms with van der Waals surface area (Å²) in [5.74, 6) is 0.228. The zero-order chi connectivity index (χ0) is 26.6. The molecule has 0 bridgehead atoms. The Morgan fingerprint density at radius 3 is 2.42 bits per heavy atom. The lowest BCUT2D eigenvalue weighted by molar-refractivity contribution is -0.107. The van der Waals surface area contributed by atoms with Crippen molar-refractivity contribution in [2.45, 2.75) is 58.0 Å². The van der Waals surface area contributed by atoms with Gasteiger partial charge >= 0.3 is 0 Å². The average Bonchev–Trinajstić information content (AvgIpc) is 3.29. The summed E-state index contributed by atoms with van der Waals surface area (Å²) in [6.45, 7) is 2.41. The van der Waals surface area contributed by atoms with Crippen LogP contribution in [0.15, 0.2) is 66.7 Å². The van der Waals surface area contributed by atoms with Gasteiger partial charge in [0.2, 0.25) is 0 Å². The van der Waals surface area contributed by atoms with E-state index in [2.05, 4.69) is 6.92 Å². The molecular formula is C32H31ClFNO2S. The maximum atomic E-state index is 15.2. The Hall–Kier alpha value is -3.02. The molecule has 1 saturated carbocycles. The third-order valence-electron chi connectivity index (χ3n) is 7.82. The number of hydrogen-bond donors (Lipinski definition) is 0. The largest absolute Gasteiger partial charge is 0.330 e. The zero-order valence-electron chi connectivity index (χ0n) is 21.5. The van der Waals surface area contributed by atoms with Crippen molar-refractivity contribution in [1.29, 1.82) is 0 Å². The minimum atomic E-state index is -0.325. The Morgan fingerprint density at radius 1 is 1.03 bits per heavy atom. The van der Waals surface area contributed by atoms with E-state index in [0.29, 0.717) is 27.8 Å². The summed E-state index contributed by atoms with van der Waals surface area (Å²) in [5.41, 5.74) is 3.24. The fourth-order valence-electron chi connectivity index (χ4n) is 5.50. The molecule has 38 heavy (non-hydrogen) atoms. The van der Waals surface area contributed by atoms with Crippen molar-refractivity contribution in [3.8, 4) is 11.1 Å². The van der Waals surface area contributed by atoms with Crippen LogP contribution in [-0.4, -0.2) is 23.1 Å². The molecule has 1 fully saturated rings. The van der Waals surface area contributed by atoms with Gasteiger partial charge in [0, 0.05) is 34.7 Å². The van der Waals surface area contributed by atoms with Crippen LogP contribution in [0, 0.1) is 11.7 Å². The molecule has 0 aliphatic heterocycles. The molecule has 0 spiro atoms. The number of amides is 1. The van der Waals surface area contributed by atoms with Gasteiger partial charge in [-0.05, 0) is 66.5 Å². The topological polar surface area (TPSA) is 37.4 Å². The van der Waals surface area contributed by atoms with E-state index in [1.807, 2.05) is 59.5 Å². The second-order valence-electron chi connectivity index (χ2n) is 10.1. The normalized spacial score (nSPS) is 17.4. The summed E-state index contributed by atoms with van der Waals surface area (Å²) in [6.07, 6.45) is 6.35. The lowest BCUT2D eigenvalue weighted by atomic mass is 9.83. The molecule has 3 nitrogen and oxygen atoms in total. The molecule has 196 valence electrons. The van der Waals surface area contributed by atoms with E-state index in [1.54, 1.807) is 6.07 Å². The van der Waals surface area contributed by atoms with Crippen LogP contribution in [0.25, 0.3) is 21.2 Å². The highest BCUT2D eigenvalue weighted by molar-refractivity contribution is 7.21. The highest BCUT2D eigenvalue weighted by Gasteiger charge is 2.32. The Morgan fingerprint density at radius 2 is 1.74 bits per heavy atom. The highest BCUT2D eigenvalue weighted by atomic mass is 35.5. The van der Waals surface area contributed by atoms with Crippen LogP contribution in [0.1, 0.15) is 59.8 Å².